The van der Waals surface area contributed by atoms with Crippen molar-refractivity contribution in [3.63, 3.8) is 0 Å². The van der Waals surface area contributed by atoms with Crippen molar-refractivity contribution in [2.24, 2.45) is 0 Å². The smallest absolute Gasteiger partial charge is 0.255 e. The zero-order chi connectivity index (χ0) is 23.1. The van der Waals surface area contributed by atoms with E-state index in [1.165, 1.54) is 13.8 Å². The van der Waals surface area contributed by atoms with Crippen LogP contribution >= 0.6 is 0 Å². The molecule has 8 heteroatoms. The quantitative estimate of drug-likeness (QED) is 0.471. The molecule has 3 aromatic rings. The summed E-state index contributed by atoms with van der Waals surface area (Å²) in [7, 11) is 0. The second-order valence-electron chi connectivity index (χ2n) is 7.00. The first-order valence-corrected chi connectivity index (χ1v) is 9.78. The molecule has 0 aliphatic heterocycles. The summed E-state index contributed by atoms with van der Waals surface area (Å²) >= 11 is 0. The SMILES string of the molecule is CC(=O)Nc1ccc(C(=O)Nc2ccc(NC(=O)c3ccc(NC(C)=O)cc3)cc2)cc1. The predicted molar refractivity (Wildman–Crippen MR) is 124 cm³/mol. The van der Waals surface area contributed by atoms with Crippen LogP contribution in [0.1, 0.15) is 34.6 Å². The molecule has 4 amide bonds. The van der Waals surface area contributed by atoms with Crippen LogP contribution in [0.5, 0.6) is 0 Å². The topological polar surface area (TPSA) is 116 Å². The van der Waals surface area contributed by atoms with Crippen LogP contribution in [0, 0.1) is 0 Å². The van der Waals surface area contributed by atoms with Crippen LogP contribution in [-0.2, 0) is 9.59 Å². The van der Waals surface area contributed by atoms with E-state index in [9.17, 15) is 19.2 Å². The van der Waals surface area contributed by atoms with E-state index in [4.69, 9.17) is 0 Å². The molecule has 0 aliphatic carbocycles. The van der Waals surface area contributed by atoms with Crippen molar-refractivity contribution in [2.75, 3.05) is 21.3 Å². The molecule has 0 unspecified atom stereocenters. The fourth-order valence-corrected chi connectivity index (χ4v) is 2.86. The van der Waals surface area contributed by atoms with Gasteiger partial charge in [-0.15, -0.1) is 0 Å². The molecule has 0 spiro atoms. The van der Waals surface area contributed by atoms with Gasteiger partial charge in [-0.25, -0.2) is 0 Å². The molecule has 3 aromatic carbocycles. The van der Waals surface area contributed by atoms with Gasteiger partial charge in [0.2, 0.25) is 11.8 Å². The van der Waals surface area contributed by atoms with Gasteiger partial charge >= 0.3 is 0 Å². The highest BCUT2D eigenvalue weighted by Crippen LogP contribution is 2.17. The van der Waals surface area contributed by atoms with Crippen molar-refractivity contribution in [3.8, 4) is 0 Å². The van der Waals surface area contributed by atoms with E-state index < -0.39 is 0 Å². The molecular formula is C24H22N4O4. The predicted octanol–water partition coefficient (Wildman–Crippen LogP) is 4.11. The Kier molecular flexibility index (Phi) is 6.97. The molecule has 4 N–H and O–H groups in total. The third-order valence-electron chi connectivity index (χ3n) is 4.34. The number of carbonyl (C=O) groups excluding carboxylic acids is 4. The first kappa shape index (κ1) is 22.2. The first-order chi connectivity index (χ1) is 15.3. The Morgan fingerprint density at radius 2 is 0.688 bits per heavy atom. The van der Waals surface area contributed by atoms with Gasteiger partial charge in [-0.05, 0) is 72.8 Å². The van der Waals surface area contributed by atoms with Crippen molar-refractivity contribution in [3.05, 3.63) is 83.9 Å². The Balaban J connectivity index is 1.57. The molecule has 0 fully saturated rings. The van der Waals surface area contributed by atoms with Gasteiger partial charge in [-0.2, -0.15) is 0 Å². The molecule has 0 heterocycles. The second kappa shape index (κ2) is 10.0. The van der Waals surface area contributed by atoms with Crippen LogP contribution in [0.2, 0.25) is 0 Å². The molecule has 0 bridgehead atoms. The molecule has 8 nitrogen and oxygen atoms in total. The van der Waals surface area contributed by atoms with Crippen LogP contribution in [0.25, 0.3) is 0 Å². The number of hydrogen-bond acceptors (Lipinski definition) is 4. The largest absolute Gasteiger partial charge is 0.326 e. The highest BCUT2D eigenvalue weighted by atomic mass is 16.2. The summed E-state index contributed by atoms with van der Waals surface area (Å²) in [4.78, 5) is 46.9. The van der Waals surface area contributed by atoms with E-state index in [1.807, 2.05) is 0 Å². The van der Waals surface area contributed by atoms with Gasteiger partial charge in [0.25, 0.3) is 11.8 Å². The third kappa shape index (κ3) is 6.27. The van der Waals surface area contributed by atoms with Gasteiger partial charge in [0.15, 0.2) is 0 Å². The average Bonchev–Trinajstić information content (AvgIpc) is 2.75. The lowest BCUT2D eigenvalue weighted by molar-refractivity contribution is -0.115. The maximum Gasteiger partial charge on any atom is 0.255 e. The summed E-state index contributed by atoms with van der Waals surface area (Å²) in [6.45, 7) is 2.83. The van der Waals surface area contributed by atoms with Crippen LogP contribution in [0.3, 0.4) is 0 Å². The van der Waals surface area contributed by atoms with Gasteiger partial charge in [-0.1, -0.05) is 0 Å². The molecule has 0 saturated carbocycles. The van der Waals surface area contributed by atoms with E-state index in [0.717, 1.165) is 0 Å². The summed E-state index contributed by atoms with van der Waals surface area (Å²) in [6, 6.07) is 19.8. The molecule has 0 aliphatic rings. The number of anilines is 4. The Morgan fingerprint density at radius 3 is 0.969 bits per heavy atom. The van der Waals surface area contributed by atoms with Crippen LogP contribution in [-0.4, -0.2) is 23.6 Å². The van der Waals surface area contributed by atoms with Crippen LogP contribution in [0.4, 0.5) is 22.7 Å². The lowest BCUT2D eigenvalue weighted by Crippen LogP contribution is -2.13. The number of carbonyl (C=O) groups is 4. The molecule has 3 rings (SSSR count). The summed E-state index contributed by atoms with van der Waals surface area (Å²) in [5.74, 6) is -0.960. The fourth-order valence-electron chi connectivity index (χ4n) is 2.86. The summed E-state index contributed by atoms with van der Waals surface area (Å²) in [5, 5.41) is 10.8. The van der Waals surface area contributed by atoms with E-state index in [1.54, 1.807) is 72.8 Å². The number of rotatable bonds is 6. The summed E-state index contributed by atoms with van der Waals surface area (Å²) in [6.07, 6.45) is 0. The van der Waals surface area contributed by atoms with E-state index in [2.05, 4.69) is 21.3 Å². The minimum absolute atomic E-state index is 0.184. The Hall–Kier alpha value is -4.46. The average molecular weight is 430 g/mol. The molecule has 162 valence electrons. The van der Waals surface area contributed by atoms with Crippen molar-refractivity contribution < 1.29 is 19.2 Å². The van der Waals surface area contributed by atoms with Crippen molar-refractivity contribution in [1.29, 1.82) is 0 Å². The maximum atomic E-state index is 12.4. The molecule has 0 atom stereocenters. The highest BCUT2D eigenvalue weighted by Gasteiger charge is 2.09. The second-order valence-corrected chi connectivity index (χ2v) is 7.00. The number of benzene rings is 3. The third-order valence-corrected chi connectivity index (χ3v) is 4.34. The maximum absolute atomic E-state index is 12.4. The zero-order valence-corrected chi connectivity index (χ0v) is 17.6. The normalized spacial score (nSPS) is 10.1. The minimum Gasteiger partial charge on any atom is -0.326 e. The molecular weight excluding hydrogens is 408 g/mol. The summed E-state index contributed by atoms with van der Waals surface area (Å²) < 4.78 is 0. The van der Waals surface area contributed by atoms with Crippen molar-refractivity contribution >= 4 is 46.4 Å². The summed E-state index contributed by atoms with van der Waals surface area (Å²) in [5.41, 5.74) is 3.24. The minimum atomic E-state index is -0.296. The van der Waals surface area contributed by atoms with E-state index in [-0.39, 0.29) is 23.6 Å². The van der Waals surface area contributed by atoms with Crippen molar-refractivity contribution in [1.82, 2.24) is 0 Å². The van der Waals surface area contributed by atoms with Crippen LogP contribution in [0.15, 0.2) is 72.8 Å². The van der Waals surface area contributed by atoms with Gasteiger partial charge < -0.3 is 21.3 Å². The Bertz CT molecular complexity index is 1050. The van der Waals surface area contributed by atoms with E-state index in [0.29, 0.717) is 33.9 Å². The van der Waals surface area contributed by atoms with Gasteiger partial charge in [0.05, 0.1) is 0 Å². The Morgan fingerprint density at radius 1 is 0.438 bits per heavy atom. The number of nitrogens with one attached hydrogen (secondary N) is 4. The Labute approximate surface area is 185 Å². The standard InChI is InChI=1S/C24H22N4O4/c1-15(29)25-19-7-3-17(4-8-19)23(31)27-21-11-13-22(14-12-21)28-24(32)18-5-9-20(10-6-18)26-16(2)30/h3-14H,1-2H3,(H,25,29)(H,26,30)(H,27,31)(H,28,32). The lowest BCUT2D eigenvalue weighted by Gasteiger charge is -2.09. The molecule has 32 heavy (non-hydrogen) atoms. The highest BCUT2D eigenvalue weighted by molar-refractivity contribution is 6.06. The number of amides is 4. The molecule has 0 saturated heterocycles. The first-order valence-electron chi connectivity index (χ1n) is 9.78. The molecule has 0 radical (unpaired) electrons. The van der Waals surface area contributed by atoms with Crippen LogP contribution < -0.4 is 21.3 Å². The van der Waals surface area contributed by atoms with Gasteiger partial charge in [0, 0.05) is 47.7 Å². The van der Waals surface area contributed by atoms with Crippen molar-refractivity contribution in [2.45, 2.75) is 13.8 Å². The number of hydrogen-bond donors (Lipinski definition) is 4. The monoisotopic (exact) mass is 430 g/mol. The zero-order valence-electron chi connectivity index (χ0n) is 17.6. The molecule has 0 aromatic heterocycles. The fraction of sp³-hybridized carbons (Fsp3) is 0.0833. The van der Waals surface area contributed by atoms with E-state index >= 15 is 0 Å². The lowest BCUT2D eigenvalue weighted by atomic mass is 10.1. The van der Waals surface area contributed by atoms with Gasteiger partial charge in [0.1, 0.15) is 0 Å². The van der Waals surface area contributed by atoms with Gasteiger partial charge in [-0.3, -0.25) is 19.2 Å².